The van der Waals surface area contributed by atoms with E-state index in [0.29, 0.717) is 39.0 Å². The van der Waals surface area contributed by atoms with E-state index in [2.05, 4.69) is 15.1 Å². The number of fused-ring (bicyclic) bond motifs is 1. The van der Waals surface area contributed by atoms with Gasteiger partial charge in [-0.25, -0.2) is 8.42 Å². The van der Waals surface area contributed by atoms with E-state index in [1.54, 1.807) is 49.6 Å². The molecule has 1 aromatic carbocycles. The van der Waals surface area contributed by atoms with E-state index in [9.17, 15) is 13.2 Å². The van der Waals surface area contributed by atoms with Crippen molar-refractivity contribution in [2.24, 2.45) is 5.92 Å². The molecule has 0 aliphatic heterocycles. The molecule has 1 saturated carbocycles. The summed E-state index contributed by atoms with van der Waals surface area (Å²) in [6.45, 7) is 3.61. The first kappa shape index (κ1) is 21.6. The van der Waals surface area contributed by atoms with Gasteiger partial charge in [-0.2, -0.15) is 0 Å². The maximum atomic E-state index is 13.7. The summed E-state index contributed by atoms with van der Waals surface area (Å²) in [4.78, 5) is 20.2. The molecule has 1 aliphatic carbocycles. The lowest BCUT2D eigenvalue weighted by Gasteiger charge is -2.15. The van der Waals surface area contributed by atoms with Crippen LogP contribution >= 0.6 is 0 Å². The number of hydrogen-bond donors (Lipinski definition) is 1. The molecule has 3 aromatic heterocycles. The van der Waals surface area contributed by atoms with Crippen molar-refractivity contribution in [3.05, 3.63) is 64.5 Å². The summed E-state index contributed by atoms with van der Waals surface area (Å²) in [6, 6.07) is 8.70. The Balaban J connectivity index is 1.77. The molecule has 0 amide bonds. The number of sulfone groups is 1. The molecule has 5 rings (SSSR count). The van der Waals surface area contributed by atoms with Gasteiger partial charge in [-0.15, -0.1) is 0 Å². The molecule has 1 fully saturated rings. The van der Waals surface area contributed by atoms with Crippen molar-refractivity contribution < 1.29 is 12.9 Å². The third-order valence-corrected chi connectivity index (χ3v) is 8.40. The summed E-state index contributed by atoms with van der Waals surface area (Å²) in [5, 5.41) is 4.52. The van der Waals surface area contributed by atoms with Crippen molar-refractivity contribution in [1.29, 1.82) is 0 Å². The highest BCUT2D eigenvalue weighted by molar-refractivity contribution is 7.91. The third-order valence-electron chi connectivity index (χ3n) is 6.48. The van der Waals surface area contributed by atoms with Crippen molar-refractivity contribution in [1.82, 2.24) is 15.1 Å². The van der Waals surface area contributed by atoms with E-state index >= 15 is 0 Å². The Morgan fingerprint density at radius 1 is 1.12 bits per heavy atom. The van der Waals surface area contributed by atoms with Gasteiger partial charge in [0.15, 0.2) is 9.84 Å². The fraction of sp³-hybridized carbons (Fsp3) is 0.320. The zero-order valence-electron chi connectivity index (χ0n) is 18.6. The molecule has 0 radical (unpaired) electrons. The quantitative estimate of drug-likeness (QED) is 0.455. The Hall–Kier alpha value is -3.26. The van der Waals surface area contributed by atoms with Crippen molar-refractivity contribution in [2.75, 3.05) is 5.75 Å². The number of pyridine rings is 2. The molecule has 4 aromatic rings. The summed E-state index contributed by atoms with van der Waals surface area (Å²) in [5.41, 5.74) is 3.26. The predicted molar refractivity (Wildman–Crippen MR) is 127 cm³/mol. The van der Waals surface area contributed by atoms with Crippen LogP contribution in [0, 0.1) is 19.8 Å². The minimum atomic E-state index is -3.61. The standard InChI is InChI=1S/C25H25N3O4S/c1-15-24(16(2)32-28-15)19-10-22-21(12-20(25(29)27-22)18-8-5-9-26-13-18)23(11-19)33(30,31)14-17-6-3-4-7-17/h5,8-13,17H,3-4,6-7,14H2,1-2H3,(H,27,29). The van der Waals surface area contributed by atoms with Gasteiger partial charge in [0.2, 0.25) is 0 Å². The Morgan fingerprint density at radius 3 is 2.58 bits per heavy atom. The number of aromatic nitrogens is 3. The average molecular weight is 464 g/mol. The summed E-state index contributed by atoms with van der Waals surface area (Å²) >= 11 is 0. The molecule has 1 aliphatic rings. The van der Waals surface area contributed by atoms with Crippen LogP contribution in [0.4, 0.5) is 0 Å². The molecule has 0 bridgehead atoms. The van der Waals surface area contributed by atoms with E-state index in [-0.39, 0.29) is 22.1 Å². The van der Waals surface area contributed by atoms with Crippen LogP contribution in [0.5, 0.6) is 0 Å². The summed E-state index contributed by atoms with van der Waals surface area (Å²) in [6.07, 6.45) is 7.22. The maximum Gasteiger partial charge on any atom is 0.256 e. The van der Waals surface area contributed by atoms with Crippen LogP contribution in [0.1, 0.15) is 37.1 Å². The van der Waals surface area contributed by atoms with Gasteiger partial charge < -0.3 is 9.51 Å². The SMILES string of the molecule is Cc1noc(C)c1-c1cc(S(=O)(=O)CC2CCCC2)c2cc(-c3cccnc3)c(=O)[nH]c2c1. The minimum Gasteiger partial charge on any atom is -0.361 e. The molecular formula is C25H25N3O4S. The number of aromatic amines is 1. The Morgan fingerprint density at radius 2 is 1.91 bits per heavy atom. The lowest BCUT2D eigenvalue weighted by Crippen LogP contribution is -2.16. The molecule has 3 heterocycles. The fourth-order valence-corrected chi connectivity index (χ4v) is 6.83. The van der Waals surface area contributed by atoms with Crippen molar-refractivity contribution in [3.8, 4) is 22.3 Å². The zero-order valence-corrected chi connectivity index (χ0v) is 19.4. The molecule has 170 valence electrons. The molecule has 0 spiro atoms. The number of H-pyrrole nitrogens is 1. The second-order valence-electron chi connectivity index (χ2n) is 8.82. The predicted octanol–water partition coefficient (Wildman–Crippen LogP) is 4.83. The Kier molecular flexibility index (Phi) is 5.40. The van der Waals surface area contributed by atoms with Crippen molar-refractivity contribution >= 4 is 20.7 Å². The van der Waals surface area contributed by atoms with Crippen LogP contribution in [0.25, 0.3) is 33.2 Å². The highest BCUT2D eigenvalue weighted by atomic mass is 32.2. The van der Waals surface area contributed by atoms with E-state index in [1.165, 1.54) is 0 Å². The van der Waals surface area contributed by atoms with Crippen LogP contribution in [-0.4, -0.2) is 29.3 Å². The first-order valence-electron chi connectivity index (χ1n) is 11.1. The molecule has 0 atom stereocenters. The van der Waals surface area contributed by atoms with Crippen molar-refractivity contribution in [3.63, 3.8) is 0 Å². The number of nitrogens with zero attached hydrogens (tertiary/aromatic N) is 2. The topological polar surface area (TPSA) is 106 Å². The number of hydrogen-bond acceptors (Lipinski definition) is 6. The number of benzene rings is 1. The van der Waals surface area contributed by atoms with Crippen LogP contribution in [0.2, 0.25) is 0 Å². The van der Waals surface area contributed by atoms with E-state index in [1.807, 2.05) is 6.92 Å². The van der Waals surface area contributed by atoms with E-state index < -0.39 is 9.84 Å². The molecular weight excluding hydrogens is 438 g/mol. The van der Waals surface area contributed by atoms with Crippen LogP contribution in [0.15, 0.2) is 56.9 Å². The smallest absolute Gasteiger partial charge is 0.256 e. The monoisotopic (exact) mass is 463 g/mol. The summed E-state index contributed by atoms with van der Waals surface area (Å²) < 4.78 is 32.7. The van der Waals surface area contributed by atoms with Gasteiger partial charge >= 0.3 is 0 Å². The second-order valence-corrected chi connectivity index (χ2v) is 10.8. The van der Waals surface area contributed by atoms with Crippen molar-refractivity contribution in [2.45, 2.75) is 44.4 Å². The van der Waals surface area contributed by atoms with Gasteiger partial charge in [-0.1, -0.05) is 24.1 Å². The maximum absolute atomic E-state index is 13.7. The normalized spacial score (nSPS) is 14.8. The first-order chi connectivity index (χ1) is 15.8. The summed E-state index contributed by atoms with van der Waals surface area (Å²) in [7, 11) is -3.61. The second kappa shape index (κ2) is 8.26. The first-order valence-corrected chi connectivity index (χ1v) is 12.8. The lowest BCUT2D eigenvalue weighted by atomic mass is 10.0. The van der Waals surface area contributed by atoms with Gasteiger partial charge in [0.1, 0.15) is 5.76 Å². The molecule has 1 N–H and O–H groups in total. The molecule has 7 nitrogen and oxygen atoms in total. The van der Waals surface area contributed by atoms with Crippen LogP contribution < -0.4 is 5.56 Å². The highest BCUT2D eigenvalue weighted by Crippen LogP contribution is 2.36. The van der Waals surface area contributed by atoms with Gasteiger partial charge in [0.05, 0.1) is 21.9 Å². The van der Waals surface area contributed by atoms with Gasteiger partial charge in [-0.05, 0) is 62.4 Å². The highest BCUT2D eigenvalue weighted by Gasteiger charge is 2.27. The van der Waals surface area contributed by atoms with E-state index in [0.717, 1.165) is 31.2 Å². The van der Waals surface area contributed by atoms with Gasteiger partial charge in [-0.3, -0.25) is 9.78 Å². The number of rotatable bonds is 5. The molecule has 33 heavy (non-hydrogen) atoms. The molecule has 8 heteroatoms. The van der Waals surface area contributed by atoms with Crippen LogP contribution in [0.3, 0.4) is 0 Å². The van der Waals surface area contributed by atoms with Gasteiger partial charge in [0, 0.05) is 34.5 Å². The zero-order chi connectivity index (χ0) is 23.2. The Bertz CT molecular complexity index is 1480. The largest absolute Gasteiger partial charge is 0.361 e. The Labute approximate surface area is 191 Å². The average Bonchev–Trinajstić information content (AvgIpc) is 3.41. The number of nitrogens with one attached hydrogen (secondary N) is 1. The molecule has 0 saturated heterocycles. The lowest BCUT2D eigenvalue weighted by molar-refractivity contribution is 0.393. The third kappa shape index (κ3) is 3.99. The minimum absolute atomic E-state index is 0.106. The fourth-order valence-electron chi connectivity index (χ4n) is 4.89. The van der Waals surface area contributed by atoms with Gasteiger partial charge in [0.25, 0.3) is 5.56 Å². The molecule has 0 unspecified atom stereocenters. The van der Waals surface area contributed by atoms with E-state index in [4.69, 9.17) is 4.52 Å². The summed E-state index contributed by atoms with van der Waals surface area (Å²) in [5.74, 6) is 0.864. The number of aryl methyl sites for hydroxylation is 2. The van der Waals surface area contributed by atoms with Crippen LogP contribution in [-0.2, 0) is 9.84 Å².